The molecule has 0 saturated carbocycles. The molecule has 2 rings (SSSR count). The molecule has 92 valence electrons. The minimum atomic E-state index is -0.323. The van der Waals surface area contributed by atoms with E-state index in [4.69, 9.17) is 16.3 Å². The first-order valence-corrected chi connectivity index (χ1v) is 5.48. The van der Waals surface area contributed by atoms with Gasteiger partial charge in [0.25, 0.3) is 5.91 Å². The van der Waals surface area contributed by atoms with Crippen LogP contribution in [0.25, 0.3) is 0 Å². The first-order valence-electron chi connectivity index (χ1n) is 5.10. The summed E-state index contributed by atoms with van der Waals surface area (Å²) in [6.07, 6.45) is 4.22. The Labute approximate surface area is 109 Å². The van der Waals surface area contributed by atoms with Gasteiger partial charge in [-0.1, -0.05) is 11.6 Å². The molecule has 5 nitrogen and oxygen atoms in total. The number of nitrogens with one attached hydrogen (secondary N) is 1. The smallest absolute Gasteiger partial charge is 0.258 e. The molecule has 0 atom stereocenters. The highest BCUT2D eigenvalue weighted by atomic mass is 35.5. The molecule has 0 saturated heterocycles. The summed E-state index contributed by atoms with van der Waals surface area (Å²) in [4.78, 5) is 19.5. The third kappa shape index (κ3) is 2.75. The molecule has 1 aromatic heterocycles. The van der Waals surface area contributed by atoms with Crippen LogP contribution in [0.4, 0.5) is 5.69 Å². The molecule has 1 aromatic carbocycles. The maximum absolute atomic E-state index is 11.9. The van der Waals surface area contributed by atoms with Crippen molar-refractivity contribution >= 4 is 23.2 Å². The van der Waals surface area contributed by atoms with Gasteiger partial charge < -0.3 is 10.1 Å². The molecule has 0 radical (unpaired) electrons. The van der Waals surface area contributed by atoms with Crippen LogP contribution in [0.5, 0.6) is 5.75 Å². The van der Waals surface area contributed by atoms with E-state index in [0.29, 0.717) is 22.0 Å². The quantitative estimate of drug-likeness (QED) is 0.923. The summed E-state index contributed by atoms with van der Waals surface area (Å²) in [5.74, 6) is 0.209. The van der Waals surface area contributed by atoms with Crippen molar-refractivity contribution in [1.82, 2.24) is 9.97 Å². The standard InChI is InChI=1S/C12H10ClN3O2/c1-18-11-3-2-9(13)4-10(11)16-12(17)8-5-14-7-15-6-8/h2-7H,1H3,(H,16,17). The lowest BCUT2D eigenvalue weighted by molar-refractivity contribution is 0.102. The van der Waals surface area contributed by atoms with Gasteiger partial charge in [0, 0.05) is 17.4 Å². The Morgan fingerprint density at radius 2 is 2.06 bits per heavy atom. The van der Waals surface area contributed by atoms with Gasteiger partial charge in [-0.05, 0) is 18.2 Å². The number of hydrogen-bond acceptors (Lipinski definition) is 4. The summed E-state index contributed by atoms with van der Waals surface area (Å²) >= 11 is 5.87. The van der Waals surface area contributed by atoms with Crippen LogP contribution in [0.1, 0.15) is 10.4 Å². The second kappa shape index (κ2) is 5.46. The van der Waals surface area contributed by atoms with Crippen LogP contribution < -0.4 is 10.1 Å². The van der Waals surface area contributed by atoms with Crippen LogP contribution >= 0.6 is 11.6 Å². The first kappa shape index (κ1) is 12.3. The number of rotatable bonds is 3. The van der Waals surface area contributed by atoms with Gasteiger partial charge in [0.05, 0.1) is 18.4 Å². The maximum Gasteiger partial charge on any atom is 0.258 e. The highest BCUT2D eigenvalue weighted by Gasteiger charge is 2.10. The number of anilines is 1. The number of carbonyl (C=O) groups excluding carboxylic acids is 1. The normalized spacial score (nSPS) is 9.89. The van der Waals surface area contributed by atoms with E-state index in [9.17, 15) is 4.79 Å². The van der Waals surface area contributed by atoms with Gasteiger partial charge in [0.15, 0.2) is 0 Å². The molecular weight excluding hydrogens is 254 g/mol. The predicted octanol–water partition coefficient (Wildman–Crippen LogP) is 2.39. The van der Waals surface area contributed by atoms with Gasteiger partial charge in [0.1, 0.15) is 12.1 Å². The lowest BCUT2D eigenvalue weighted by Crippen LogP contribution is -2.13. The Bertz CT molecular complexity index is 561. The van der Waals surface area contributed by atoms with Crippen molar-refractivity contribution < 1.29 is 9.53 Å². The minimum Gasteiger partial charge on any atom is -0.495 e. The minimum absolute atomic E-state index is 0.323. The number of halogens is 1. The number of benzene rings is 1. The SMILES string of the molecule is COc1ccc(Cl)cc1NC(=O)c1cncnc1. The molecule has 1 N–H and O–H groups in total. The van der Waals surface area contributed by atoms with E-state index in [1.807, 2.05) is 0 Å². The van der Waals surface area contributed by atoms with Gasteiger partial charge in [0.2, 0.25) is 0 Å². The number of hydrogen-bond donors (Lipinski definition) is 1. The number of ether oxygens (including phenoxy) is 1. The molecule has 0 unspecified atom stereocenters. The molecule has 6 heteroatoms. The van der Waals surface area contributed by atoms with Crippen LogP contribution in [-0.4, -0.2) is 23.0 Å². The predicted molar refractivity (Wildman–Crippen MR) is 68.0 cm³/mol. The van der Waals surface area contributed by atoms with Gasteiger partial charge >= 0.3 is 0 Å². The highest BCUT2D eigenvalue weighted by Crippen LogP contribution is 2.27. The lowest BCUT2D eigenvalue weighted by atomic mass is 10.2. The van der Waals surface area contributed by atoms with E-state index in [0.717, 1.165) is 0 Å². The van der Waals surface area contributed by atoms with Gasteiger partial charge in [-0.2, -0.15) is 0 Å². The average Bonchev–Trinajstić information content (AvgIpc) is 2.40. The number of carbonyl (C=O) groups is 1. The van der Waals surface area contributed by atoms with Crippen LogP contribution in [0.15, 0.2) is 36.9 Å². The fourth-order valence-electron chi connectivity index (χ4n) is 1.39. The van der Waals surface area contributed by atoms with Crippen LogP contribution in [0.3, 0.4) is 0 Å². The fraction of sp³-hybridized carbons (Fsp3) is 0.0833. The third-order valence-corrected chi connectivity index (χ3v) is 2.47. The summed E-state index contributed by atoms with van der Waals surface area (Å²) in [6, 6.07) is 4.98. The molecule has 1 amide bonds. The van der Waals surface area contributed by atoms with Crippen LogP contribution in [-0.2, 0) is 0 Å². The molecule has 0 aliphatic rings. The molecule has 2 aromatic rings. The van der Waals surface area contributed by atoms with E-state index in [1.54, 1.807) is 18.2 Å². The van der Waals surface area contributed by atoms with E-state index in [1.165, 1.54) is 25.8 Å². The van der Waals surface area contributed by atoms with Crippen LogP contribution in [0.2, 0.25) is 5.02 Å². The van der Waals surface area contributed by atoms with E-state index in [-0.39, 0.29) is 5.91 Å². The molecule has 0 spiro atoms. The molecule has 18 heavy (non-hydrogen) atoms. The average molecular weight is 264 g/mol. The second-order valence-electron chi connectivity index (χ2n) is 3.43. The summed E-state index contributed by atoms with van der Waals surface area (Å²) in [5, 5.41) is 3.20. The second-order valence-corrected chi connectivity index (χ2v) is 3.86. The topological polar surface area (TPSA) is 64.1 Å². The molecular formula is C12H10ClN3O2. The van der Waals surface area contributed by atoms with Crippen molar-refractivity contribution in [2.45, 2.75) is 0 Å². The summed E-state index contributed by atoms with van der Waals surface area (Å²) in [5.41, 5.74) is 0.860. The Morgan fingerprint density at radius 3 is 2.72 bits per heavy atom. The fourth-order valence-corrected chi connectivity index (χ4v) is 1.56. The summed E-state index contributed by atoms with van der Waals surface area (Å²) in [7, 11) is 1.52. The Balaban J connectivity index is 2.24. The van der Waals surface area contributed by atoms with E-state index < -0.39 is 0 Å². The summed E-state index contributed by atoms with van der Waals surface area (Å²) in [6.45, 7) is 0. The Hall–Kier alpha value is -2.14. The van der Waals surface area contributed by atoms with Gasteiger partial charge in [-0.15, -0.1) is 0 Å². The zero-order valence-electron chi connectivity index (χ0n) is 9.55. The van der Waals surface area contributed by atoms with Crippen molar-refractivity contribution in [3.8, 4) is 5.75 Å². The van der Waals surface area contributed by atoms with Crippen LogP contribution in [0, 0.1) is 0 Å². The summed E-state index contributed by atoms with van der Waals surface area (Å²) < 4.78 is 5.13. The number of aromatic nitrogens is 2. The Kier molecular flexibility index (Phi) is 3.74. The molecule has 0 fully saturated rings. The largest absolute Gasteiger partial charge is 0.495 e. The highest BCUT2D eigenvalue weighted by molar-refractivity contribution is 6.31. The lowest BCUT2D eigenvalue weighted by Gasteiger charge is -2.10. The van der Waals surface area contributed by atoms with Crippen molar-refractivity contribution in [2.75, 3.05) is 12.4 Å². The first-order chi connectivity index (χ1) is 8.70. The molecule has 0 bridgehead atoms. The molecule has 1 heterocycles. The van der Waals surface area contributed by atoms with Crippen molar-refractivity contribution in [2.24, 2.45) is 0 Å². The monoisotopic (exact) mass is 263 g/mol. The van der Waals surface area contributed by atoms with E-state index in [2.05, 4.69) is 15.3 Å². The van der Waals surface area contributed by atoms with Crippen molar-refractivity contribution in [3.05, 3.63) is 47.5 Å². The zero-order valence-corrected chi connectivity index (χ0v) is 10.3. The molecule has 0 aliphatic heterocycles. The van der Waals surface area contributed by atoms with Gasteiger partial charge in [-0.3, -0.25) is 4.79 Å². The number of nitrogens with zero attached hydrogens (tertiary/aromatic N) is 2. The number of methoxy groups -OCH3 is 1. The zero-order chi connectivity index (χ0) is 13.0. The van der Waals surface area contributed by atoms with E-state index >= 15 is 0 Å². The third-order valence-electron chi connectivity index (χ3n) is 2.23. The maximum atomic E-state index is 11.9. The Morgan fingerprint density at radius 1 is 1.33 bits per heavy atom. The van der Waals surface area contributed by atoms with Crippen molar-refractivity contribution in [1.29, 1.82) is 0 Å². The van der Waals surface area contributed by atoms with Gasteiger partial charge in [-0.25, -0.2) is 9.97 Å². The molecule has 0 aliphatic carbocycles. The number of amides is 1. The van der Waals surface area contributed by atoms with Crippen molar-refractivity contribution in [3.63, 3.8) is 0 Å².